The number of benzene rings is 2. The Kier molecular flexibility index (Phi) is 3.32. The maximum absolute atomic E-state index is 12.4. The number of anilines is 1. The van der Waals surface area contributed by atoms with E-state index >= 15 is 0 Å². The zero-order valence-corrected chi connectivity index (χ0v) is 10.8. The van der Waals surface area contributed by atoms with E-state index in [0.717, 1.165) is 24.9 Å². The van der Waals surface area contributed by atoms with Gasteiger partial charge in [0.15, 0.2) is 0 Å². The third kappa shape index (κ3) is 2.53. The molecule has 1 N–H and O–H groups in total. The molecule has 0 radical (unpaired) electrons. The molecule has 0 saturated carbocycles. The number of hydrogen-bond donors (Lipinski definition) is 1. The minimum atomic E-state index is -0.00911. The lowest BCUT2D eigenvalue weighted by atomic mass is 9.82. The summed E-state index contributed by atoms with van der Waals surface area (Å²) in [4.78, 5) is 12.4. The highest BCUT2D eigenvalue weighted by Crippen LogP contribution is 2.32. The van der Waals surface area contributed by atoms with Crippen molar-refractivity contribution in [3.8, 4) is 0 Å². The van der Waals surface area contributed by atoms with Gasteiger partial charge in [-0.05, 0) is 42.5 Å². The third-order valence-corrected chi connectivity index (χ3v) is 3.73. The predicted molar refractivity (Wildman–Crippen MR) is 77.2 cm³/mol. The Morgan fingerprint density at radius 1 is 1.00 bits per heavy atom. The van der Waals surface area contributed by atoms with Crippen molar-refractivity contribution >= 4 is 11.6 Å². The normalized spacial score (nSPS) is 17.6. The fraction of sp³-hybridized carbons (Fsp3) is 0.235. The van der Waals surface area contributed by atoms with Crippen molar-refractivity contribution in [3.05, 3.63) is 65.7 Å². The van der Waals surface area contributed by atoms with E-state index < -0.39 is 0 Å². The van der Waals surface area contributed by atoms with E-state index in [9.17, 15) is 4.79 Å². The third-order valence-electron chi connectivity index (χ3n) is 3.73. The van der Waals surface area contributed by atoms with Crippen LogP contribution < -0.4 is 5.32 Å². The van der Waals surface area contributed by atoms with Crippen molar-refractivity contribution in [2.75, 3.05) is 5.32 Å². The monoisotopic (exact) mass is 251 g/mol. The quantitative estimate of drug-likeness (QED) is 0.865. The van der Waals surface area contributed by atoms with Crippen molar-refractivity contribution in [1.82, 2.24) is 0 Å². The van der Waals surface area contributed by atoms with Gasteiger partial charge in [0.25, 0.3) is 0 Å². The maximum atomic E-state index is 12.4. The largest absolute Gasteiger partial charge is 0.326 e. The highest BCUT2D eigenvalue weighted by molar-refractivity contribution is 5.96. The Morgan fingerprint density at radius 3 is 2.58 bits per heavy atom. The van der Waals surface area contributed by atoms with Crippen LogP contribution in [0.2, 0.25) is 0 Å². The summed E-state index contributed by atoms with van der Waals surface area (Å²) in [6.07, 6.45) is 3.12. The van der Waals surface area contributed by atoms with Gasteiger partial charge >= 0.3 is 0 Å². The van der Waals surface area contributed by atoms with Crippen molar-refractivity contribution in [3.63, 3.8) is 0 Å². The molecule has 1 aliphatic rings. The SMILES string of the molecule is O=C(Nc1ccccc1)C1CCCc2ccccc21. The average Bonchev–Trinajstić information content (AvgIpc) is 2.47. The zero-order valence-electron chi connectivity index (χ0n) is 10.8. The van der Waals surface area contributed by atoms with Crippen molar-refractivity contribution < 1.29 is 4.79 Å². The Balaban J connectivity index is 1.82. The van der Waals surface area contributed by atoms with Gasteiger partial charge in [0.05, 0.1) is 5.92 Å². The van der Waals surface area contributed by atoms with Crippen LogP contribution in [0.3, 0.4) is 0 Å². The molecule has 3 rings (SSSR count). The second-order valence-corrected chi connectivity index (χ2v) is 5.00. The van der Waals surface area contributed by atoms with Crippen LogP contribution in [0.5, 0.6) is 0 Å². The molecule has 2 nitrogen and oxygen atoms in total. The molecular weight excluding hydrogens is 234 g/mol. The molecule has 0 heterocycles. The zero-order chi connectivity index (χ0) is 13.1. The molecule has 0 bridgehead atoms. The number of carbonyl (C=O) groups is 1. The first-order valence-corrected chi connectivity index (χ1v) is 6.78. The Morgan fingerprint density at radius 2 is 1.74 bits per heavy atom. The van der Waals surface area contributed by atoms with Crippen LogP contribution in [0.4, 0.5) is 5.69 Å². The van der Waals surface area contributed by atoms with E-state index in [1.807, 2.05) is 36.4 Å². The average molecular weight is 251 g/mol. The number of nitrogens with one attached hydrogen (secondary N) is 1. The minimum Gasteiger partial charge on any atom is -0.326 e. The standard InChI is InChI=1S/C17H17NO/c19-17(18-14-9-2-1-3-10-14)16-12-6-8-13-7-4-5-11-15(13)16/h1-5,7,9-11,16H,6,8,12H2,(H,18,19). The summed E-state index contributed by atoms with van der Waals surface area (Å²) in [6.45, 7) is 0. The number of carbonyl (C=O) groups excluding carboxylic acids is 1. The first-order chi connectivity index (χ1) is 9.34. The summed E-state index contributed by atoms with van der Waals surface area (Å²) < 4.78 is 0. The number of fused-ring (bicyclic) bond motifs is 1. The Bertz CT molecular complexity index is 577. The minimum absolute atomic E-state index is 0.00911. The van der Waals surface area contributed by atoms with Crippen molar-refractivity contribution in [2.24, 2.45) is 0 Å². The van der Waals surface area contributed by atoms with Crippen LogP contribution >= 0.6 is 0 Å². The van der Waals surface area contributed by atoms with Crippen molar-refractivity contribution in [1.29, 1.82) is 0 Å². The summed E-state index contributed by atoms with van der Waals surface area (Å²) in [6, 6.07) is 18.0. The maximum Gasteiger partial charge on any atom is 0.231 e. The molecule has 1 aliphatic carbocycles. The Hall–Kier alpha value is -2.09. The summed E-state index contributed by atoms with van der Waals surface area (Å²) >= 11 is 0. The molecule has 1 atom stereocenters. The highest BCUT2D eigenvalue weighted by atomic mass is 16.1. The van der Waals surface area contributed by atoms with Gasteiger partial charge in [0.1, 0.15) is 0 Å². The van der Waals surface area contributed by atoms with Crippen LogP contribution in [0.25, 0.3) is 0 Å². The van der Waals surface area contributed by atoms with Gasteiger partial charge in [0.2, 0.25) is 5.91 Å². The number of rotatable bonds is 2. The van der Waals surface area contributed by atoms with Gasteiger partial charge in [-0.15, -0.1) is 0 Å². The van der Waals surface area contributed by atoms with E-state index in [2.05, 4.69) is 23.5 Å². The smallest absolute Gasteiger partial charge is 0.231 e. The van der Waals surface area contributed by atoms with E-state index in [4.69, 9.17) is 0 Å². The lowest BCUT2D eigenvalue weighted by molar-refractivity contribution is -0.117. The number of para-hydroxylation sites is 1. The molecule has 2 aromatic carbocycles. The molecule has 0 aliphatic heterocycles. The number of hydrogen-bond acceptors (Lipinski definition) is 1. The van der Waals surface area contributed by atoms with E-state index in [0.29, 0.717) is 0 Å². The first kappa shape index (κ1) is 12.0. The predicted octanol–water partition coefficient (Wildman–Crippen LogP) is 3.75. The molecule has 19 heavy (non-hydrogen) atoms. The topological polar surface area (TPSA) is 29.1 Å². The summed E-state index contributed by atoms with van der Waals surface area (Å²) in [5, 5.41) is 3.01. The molecule has 0 saturated heterocycles. The van der Waals surface area contributed by atoms with Gasteiger partial charge < -0.3 is 5.32 Å². The lowest BCUT2D eigenvalue weighted by Crippen LogP contribution is -2.24. The van der Waals surface area contributed by atoms with Gasteiger partial charge in [-0.3, -0.25) is 4.79 Å². The van der Waals surface area contributed by atoms with Crippen LogP contribution in [0, 0.1) is 0 Å². The van der Waals surface area contributed by atoms with E-state index in [-0.39, 0.29) is 11.8 Å². The molecule has 96 valence electrons. The van der Waals surface area contributed by atoms with Gasteiger partial charge in [0, 0.05) is 5.69 Å². The van der Waals surface area contributed by atoms with Gasteiger partial charge in [-0.25, -0.2) is 0 Å². The molecule has 1 amide bonds. The molecule has 0 spiro atoms. The fourth-order valence-electron chi connectivity index (χ4n) is 2.78. The molecule has 0 aromatic heterocycles. The fourth-order valence-corrected chi connectivity index (χ4v) is 2.78. The number of aryl methyl sites for hydroxylation is 1. The molecule has 2 heteroatoms. The number of amides is 1. The second kappa shape index (κ2) is 5.27. The van der Waals surface area contributed by atoms with Gasteiger partial charge in [-0.2, -0.15) is 0 Å². The molecule has 0 fully saturated rings. The molecule has 1 unspecified atom stereocenters. The van der Waals surface area contributed by atoms with Crippen LogP contribution in [0.1, 0.15) is 29.9 Å². The van der Waals surface area contributed by atoms with Crippen LogP contribution in [0.15, 0.2) is 54.6 Å². The summed E-state index contributed by atoms with van der Waals surface area (Å²) in [7, 11) is 0. The summed E-state index contributed by atoms with van der Waals surface area (Å²) in [5.74, 6) is 0.100. The van der Waals surface area contributed by atoms with Crippen molar-refractivity contribution in [2.45, 2.75) is 25.2 Å². The second-order valence-electron chi connectivity index (χ2n) is 5.00. The van der Waals surface area contributed by atoms with Crippen LogP contribution in [-0.4, -0.2) is 5.91 Å². The van der Waals surface area contributed by atoms with Gasteiger partial charge in [-0.1, -0.05) is 42.5 Å². The van der Waals surface area contributed by atoms with E-state index in [1.165, 1.54) is 11.1 Å². The molecular formula is C17H17NO. The summed E-state index contributed by atoms with van der Waals surface area (Å²) in [5.41, 5.74) is 3.39. The first-order valence-electron chi connectivity index (χ1n) is 6.78. The highest BCUT2D eigenvalue weighted by Gasteiger charge is 2.25. The Labute approximate surface area is 113 Å². The molecule has 2 aromatic rings. The lowest BCUT2D eigenvalue weighted by Gasteiger charge is -2.24. The van der Waals surface area contributed by atoms with E-state index in [1.54, 1.807) is 0 Å². The van der Waals surface area contributed by atoms with Crippen LogP contribution in [-0.2, 0) is 11.2 Å².